The van der Waals surface area contributed by atoms with Crippen LogP contribution >= 0.6 is 0 Å². The van der Waals surface area contributed by atoms with Gasteiger partial charge in [0, 0.05) is 6.42 Å². The zero-order chi connectivity index (χ0) is 23.6. The molecule has 15 atom stereocenters. The summed E-state index contributed by atoms with van der Waals surface area (Å²) < 4.78 is 25.9. The van der Waals surface area contributed by atoms with E-state index in [1.54, 1.807) is 6.08 Å². The first-order valence-corrected chi connectivity index (χ1v) is 13.6. The van der Waals surface area contributed by atoms with Crippen LogP contribution in [0.15, 0.2) is 12.2 Å². The molecular formula is C28H38O6. The first-order valence-electron chi connectivity index (χ1n) is 13.6. The molecule has 3 saturated carbocycles. The molecule has 2 bridgehead atoms. The second-order valence-corrected chi connectivity index (χ2v) is 13.9. The van der Waals surface area contributed by atoms with Gasteiger partial charge in [-0.3, -0.25) is 4.79 Å². The van der Waals surface area contributed by atoms with Crippen LogP contribution in [0.3, 0.4) is 0 Å². The second-order valence-electron chi connectivity index (χ2n) is 13.9. The molecule has 4 heterocycles. The van der Waals surface area contributed by atoms with Gasteiger partial charge >= 0.3 is 0 Å². The Labute approximate surface area is 201 Å². The molecule has 0 unspecified atom stereocenters. The van der Waals surface area contributed by atoms with Gasteiger partial charge in [-0.25, -0.2) is 0 Å². The summed E-state index contributed by atoms with van der Waals surface area (Å²) in [6.07, 6.45) is 7.85. The molecule has 0 radical (unpaired) electrons. The molecule has 6 nitrogen and oxygen atoms in total. The maximum absolute atomic E-state index is 13.4. The van der Waals surface area contributed by atoms with Crippen LogP contribution in [0.1, 0.15) is 66.7 Å². The van der Waals surface area contributed by atoms with Gasteiger partial charge < -0.3 is 24.1 Å². The molecule has 0 amide bonds. The fourth-order valence-corrected chi connectivity index (χ4v) is 10.7. The second kappa shape index (κ2) is 5.85. The SMILES string of the molecule is C[C@H]1[C@H]2[C@H](C[C@H]3[C@@H]4[C@H]5O[C@H]5[C@@]5(O)CC=CC(=O)[C@]5(C)[C@H]4CC[C@]23C)O[C@H]2O[C@@H]1C[C@]1(C)O[C@]21C. The number of hydrogen-bond donors (Lipinski definition) is 1. The Kier molecular flexibility index (Phi) is 3.67. The van der Waals surface area contributed by atoms with Crippen molar-refractivity contribution in [2.75, 3.05) is 0 Å². The molecule has 0 spiro atoms. The molecule has 4 aliphatic heterocycles. The first kappa shape index (κ1) is 21.3. The van der Waals surface area contributed by atoms with Crippen LogP contribution in [-0.4, -0.2) is 58.4 Å². The van der Waals surface area contributed by atoms with E-state index in [2.05, 4.69) is 27.7 Å². The van der Waals surface area contributed by atoms with E-state index in [9.17, 15) is 9.90 Å². The van der Waals surface area contributed by atoms with Crippen molar-refractivity contribution in [3.63, 3.8) is 0 Å². The summed E-state index contributed by atoms with van der Waals surface area (Å²) in [5.74, 6) is 1.77. The molecule has 0 aromatic heterocycles. The molecule has 0 aromatic rings. The number of hydrogen-bond acceptors (Lipinski definition) is 6. The van der Waals surface area contributed by atoms with Gasteiger partial charge in [0.2, 0.25) is 0 Å². The molecule has 8 rings (SSSR count). The van der Waals surface area contributed by atoms with Crippen molar-refractivity contribution in [2.45, 2.75) is 114 Å². The van der Waals surface area contributed by atoms with Gasteiger partial charge in [0.1, 0.15) is 22.9 Å². The molecule has 6 heteroatoms. The average molecular weight is 471 g/mol. The molecule has 8 aliphatic rings. The molecular weight excluding hydrogens is 432 g/mol. The van der Waals surface area contributed by atoms with E-state index in [0.29, 0.717) is 30.1 Å². The lowest BCUT2D eigenvalue weighted by atomic mass is 9.43. The van der Waals surface area contributed by atoms with Gasteiger partial charge in [-0.15, -0.1) is 0 Å². The van der Waals surface area contributed by atoms with E-state index in [-0.39, 0.29) is 59.0 Å². The van der Waals surface area contributed by atoms with Crippen molar-refractivity contribution in [3.05, 3.63) is 12.2 Å². The number of rotatable bonds is 0. The topological polar surface area (TPSA) is 80.8 Å². The molecule has 186 valence electrons. The fourth-order valence-electron chi connectivity index (χ4n) is 10.7. The van der Waals surface area contributed by atoms with Crippen LogP contribution in [0.2, 0.25) is 0 Å². The minimum atomic E-state index is -1.07. The zero-order valence-electron chi connectivity index (χ0n) is 21.0. The standard InChI is InChI=1S/C28H38O6/c1-13-17-12-25(3)27(5,34-25)23(32-17)31-16-11-15-19-14(8-10-24(15,2)20(13)16)26(4)18(29)7-6-9-28(26,30)22-21(19)33-22/h6-7,13-17,19-23,30H,8-12H2,1-5H3/t13-,14+,15+,16+,17-,19-,20+,21-,22-,23+,24+,25+,26+,27-,28+/m1/s1. The first-order chi connectivity index (χ1) is 16.0. The van der Waals surface area contributed by atoms with Crippen LogP contribution in [0.5, 0.6) is 0 Å². The quantitative estimate of drug-likeness (QED) is 0.547. The van der Waals surface area contributed by atoms with Gasteiger partial charge in [0.05, 0.1) is 23.7 Å². The Bertz CT molecular complexity index is 1030. The third-order valence-electron chi connectivity index (χ3n) is 12.9. The Morgan fingerprint density at radius 2 is 1.82 bits per heavy atom. The summed E-state index contributed by atoms with van der Waals surface area (Å²) in [6.45, 7) is 11.2. The highest BCUT2D eigenvalue weighted by Crippen LogP contribution is 2.73. The maximum atomic E-state index is 13.4. The minimum Gasteiger partial charge on any atom is -0.386 e. The molecule has 4 aliphatic carbocycles. The smallest absolute Gasteiger partial charge is 0.189 e. The maximum Gasteiger partial charge on any atom is 0.189 e. The van der Waals surface area contributed by atoms with Crippen LogP contribution in [0.4, 0.5) is 0 Å². The van der Waals surface area contributed by atoms with Gasteiger partial charge in [-0.1, -0.05) is 19.9 Å². The van der Waals surface area contributed by atoms with Crippen LogP contribution in [0, 0.1) is 40.4 Å². The summed E-state index contributed by atoms with van der Waals surface area (Å²) >= 11 is 0. The van der Waals surface area contributed by atoms with Gasteiger partial charge in [0.15, 0.2) is 12.1 Å². The lowest BCUT2D eigenvalue weighted by Crippen LogP contribution is -2.67. The van der Waals surface area contributed by atoms with Crippen molar-refractivity contribution in [2.24, 2.45) is 40.4 Å². The van der Waals surface area contributed by atoms with Crippen molar-refractivity contribution in [3.8, 4) is 0 Å². The molecule has 1 N–H and O–H groups in total. The molecule has 4 saturated heterocycles. The number of allylic oxidation sites excluding steroid dienone is 1. The molecule has 7 fully saturated rings. The Hall–Kier alpha value is -0.790. The van der Waals surface area contributed by atoms with Gasteiger partial charge in [-0.05, 0) is 87.5 Å². The fraction of sp³-hybridized carbons (Fsp3) is 0.893. The zero-order valence-corrected chi connectivity index (χ0v) is 21.0. The number of epoxide rings is 2. The number of ether oxygens (including phenoxy) is 4. The Morgan fingerprint density at radius 3 is 2.62 bits per heavy atom. The lowest BCUT2D eigenvalue weighted by Gasteiger charge is -2.60. The third-order valence-corrected chi connectivity index (χ3v) is 12.9. The van der Waals surface area contributed by atoms with Crippen LogP contribution < -0.4 is 0 Å². The van der Waals surface area contributed by atoms with Gasteiger partial charge in [0.25, 0.3) is 0 Å². The van der Waals surface area contributed by atoms with Crippen LogP contribution in [0.25, 0.3) is 0 Å². The summed E-state index contributed by atoms with van der Waals surface area (Å²) in [4.78, 5) is 13.4. The number of fused-ring (bicyclic) bond motifs is 14. The highest BCUT2D eigenvalue weighted by molar-refractivity contribution is 5.97. The third kappa shape index (κ3) is 2.07. The monoisotopic (exact) mass is 470 g/mol. The van der Waals surface area contributed by atoms with Crippen LogP contribution in [-0.2, 0) is 23.7 Å². The molecule has 0 aromatic carbocycles. The lowest BCUT2D eigenvalue weighted by molar-refractivity contribution is -0.219. The van der Waals surface area contributed by atoms with E-state index in [4.69, 9.17) is 18.9 Å². The number of aliphatic hydroxyl groups is 1. The minimum absolute atomic E-state index is 0.0629. The van der Waals surface area contributed by atoms with Gasteiger partial charge in [-0.2, -0.15) is 0 Å². The number of ketones is 1. The van der Waals surface area contributed by atoms with Crippen molar-refractivity contribution < 1.29 is 28.8 Å². The highest BCUT2D eigenvalue weighted by Gasteiger charge is 2.80. The van der Waals surface area contributed by atoms with Crippen molar-refractivity contribution in [1.82, 2.24) is 0 Å². The number of carbonyl (C=O) groups is 1. The van der Waals surface area contributed by atoms with E-state index in [1.807, 2.05) is 13.0 Å². The van der Waals surface area contributed by atoms with E-state index >= 15 is 0 Å². The van der Waals surface area contributed by atoms with E-state index in [0.717, 1.165) is 25.7 Å². The Balaban J connectivity index is 1.19. The summed E-state index contributed by atoms with van der Waals surface area (Å²) in [6, 6.07) is 0. The summed E-state index contributed by atoms with van der Waals surface area (Å²) in [5.41, 5.74) is -2.21. The summed E-state index contributed by atoms with van der Waals surface area (Å²) in [7, 11) is 0. The molecule has 34 heavy (non-hydrogen) atoms. The van der Waals surface area contributed by atoms with E-state index in [1.165, 1.54) is 0 Å². The number of carbonyl (C=O) groups excluding carboxylic acids is 1. The predicted molar refractivity (Wildman–Crippen MR) is 122 cm³/mol. The largest absolute Gasteiger partial charge is 0.386 e. The normalized spacial score (nSPS) is 68.9. The van der Waals surface area contributed by atoms with E-state index < -0.39 is 11.0 Å². The Morgan fingerprint density at radius 1 is 1.06 bits per heavy atom. The average Bonchev–Trinajstić information content (AvgIpc) is 3.65. The highest BCUT2D eigenvalue weighted by atomic mass is 16.8. The summed E-state index contributed by atoms with van der Waals surface area (Å²) in [5, 5.41) is 11.8. The van der Waals surface area contributed by atoms with Crippen molar-refractivity contribution >= 4 is 5.78 Å². The predicted octanol–water partition coefficient (Wildman–Crippen LogP) is 3.40. The van der Waals surface area contributed by atoms with Crippen molar-refractivity contribution in [1.29, 1.82) is 0 Å².